The van der Waals surface area contributed by atoms with Crippen LogP contribution in [0, 0.1) is 0 Å². The molecule has 0 aliphatic rings. The van der Waals surface area contributed by atoms with Crippen molar-refractivity contribution in [3.8, 4) is 0 Å². The van der Waals surface area contributed by atoms with E-state index in [-0.39, 0.29) is 17.1 Å². The number of nitrogens with two attached hydrogens (primary N) is 1. The average Bonchev–Trinajstić information content (AvgIpc) is 1.83. The molecule has 1 atom stereocenters. The minimum atomic E-state index is -1.47. The van der Waals surface area contributed by atoms with Gasteiger partial charge in [0.2, 0.25) is 0 Å². The molecule has 0 aromatic carbocycles. The molecule has 8 heteroatoms. The molecule has 0 saturated carbocycles. The number of carboxylic acid groups (broad SMARTS) is 2. The van der Waals surface area contributed by atoms with Crippen molar-refractivity contribution in [2.24, 2.45) is 5.73 Å². The molecule has 0 aromatic rings. The van der Waals surface area contributed by atoms with Gasteiger partial charge in [-0.05, 0) is 0 Å². The third-order valence-electron chi connectivity index (χ3n) is 0.993. The van der Waals surface area contributed by atoms with Crippen LogP contribution in [0.2, 0.25) is 0 Å². The van der Waals surface area contributed by atoms with Crippen molar-refractivity contribution in [2.75, 3.05) is 0 Å². The van der Waals surface area contributed by atoms with Gasteiger partial charge in [0.05, 0.1) is 6.42 Å². The van der Waals surface area contributed by atoms with Crippen LogP contribution in [0.5, 0.6) is 0 Å². The van der Waals surface area contributed by atoms with Crippen LogP contribution in [-0.2, 0) is 26.7 Å². The molecule has 7 nitrogen and oxygen atoms in total. The third-order valence-corrected chi connectivity index (χ3v) is 0.993. The Bertz CT molecular complexity index is 203. The summed E-state index contributed by atoms with van der Waals surface area (Å²) < 4.78 is 0. The molecule has 13 heavy (non-hydrogen) atoms. The molecule has 0 heterocycles. The number of hydrogen-bond acceptors (Lipinski definition) is 3. The summed E-state index contributed by atoms with van der Waals surface area (Å²) in [6.07, 6.45) is -0.696. The molecular weight excluding hydrogens is 232 g/mol. The molecule has 5 N–H and O–H groups in total. The molecule has 0 saturated heterocycles. The van der Waals surface area contributed by atoms with Gasteiger partial charge in [-0.2, -0.15) is 0 Å². The van der Waals surface area contributed by atoms with Gasteiger partial charge in [-0.15, -0.1) is 0 Å². The van der Waals surface area contributed by atoms with Gasteiger partial charge in [-0.1, -0.05) is 0 Å². The summed E-state index contributed by atoms with van der Waals surface area (Å²) >= 11 is 0. The SMILES string of the molecule is NC(=O)NC(CC(=O)O)C(=O)O.[Cu]. The maximum Gasteiger partial charge on any atom is 0.326 e. The van der Waals surface area contributed by atoms with E-state index in [2.05, 4.69) is 5.73 Å². The van der Waals surface area contributed by atoms with Crippen molar-refractivity contribution in [3.05, 3.63) is 0 Å². The van der Waals surface area contributed by atoms with Crippen molar-refractivity contribution < 1.29 is 41.7 Å². The third kappa shape index (κ3) is 7.10. The first-order valence-corrected chi connectivity index (χ1v) is 2.94. The van der Waals surface area contributed by atoms with E-state index in [0.29, 0.717) is 0 Å². The Morgan fingerprint density at radius 3 is 2.00 bits per heavy atom. The van der Waals surface area contributed by atoms with E-state index in [0.717, 1.165) is 0 Å². The number of urea groups is 1. The summed E-state index contributed by atoms with van der Waals surface area (Å²) in [6.45, 7) is 0. The van der Waals surface area contributed by atoms with Crippen molar-refractivity contribution in [1.82, 2.24) is 5.32 Å². The number of carbonyl (C=O) groups excluding carboxylic acids is 1. The van der Waals surface area contributed by atoms with Crippen LogP contribution in [-0.4, -0.2) is 34.2 Å². The average molecular weight is 240 g/mol. The van der Waals surface area contributed by atoms with Crippen LogP contribution in [0.25, 0.3) is 0 Å². The number of primary amides is 1. The van der Waals surface area contributed by atoms with Crippen LogP contribution >= 0.6 is 0 Å². The van der Waals surface area contributed by atoms with Crippen molar-refractivity contribution in [2.45, 2.75) is 12.5 Å². The second-order valence-corrected chi connectivity index (χ2v) is 2.00. The maximum atomic E-state index is 10.2. The first-order chi connectivity index (χ1) is 5.43. The topological polar surface area (TPSA) is 130 Å². The first-order valence-electron chi connectivity index (χ1n) is 2.94. The zero-order chi connectivity index (χ0) is 9.72. The number of amides is 2. The number of rotatable bonds is 4. The molecule has 0 spiro atoms. The zero-order valence-electron chi connectivity index (χ0n) is 6.28. The Morgan fingerprint density at radius 2 is 1.77 bits per heavy atom. The molecule has 0 fully saturated rings. The van der Waals surface area contributed by atoms with Gasteiger partial charge in [0.1, 0.15) is 6.04 Å². The number of carboxylic acids is 2. The summed E-state index contributed by atoms with van der Waals surface area (Å²) in [4.78, 5) is 30.4. The summed E-state index contributed by atoms with van der Waals surface area (Å²) in [5, 5.41) is 18.3. The Balaban J connectivity index is 0. The normalized spacial score (nSPS) is 10.8. The molecule has 0 rings (SSSR count). The van der Waals surface area contributed by atoms with E-state index in [1.165, 1.54) is 0 Å². The van der Waals surface area contributed by atoms with Crippen molar-refractivity contribution in [3.63, 3.8) is 0 Å². The Labute approximate surface area is 83.8 Å². The molecule has 2 amide bonds. The molecule has 0 aromatic heterocycles. The minimum absolute atomic E-state index is 0. The van der Waals surface area contributed by atoms with Gasteiger partial charge in [0, 0.05) is 17.1 Å². The van der Waals surface area contributed by atoms with Gasteiger partial charge < -0.3 is 21.3 Å². The Morgan fingerprint density at radius 1 is 1.31 bits per heavy atom. The molecule has 0 aliphatic carbocycles. The van der Waals surface area contributed by atoms with Gasteiger partial charge in [-0.3, -0.25) is 4.79 Å². The smallest absolute Gasteiger partial charge is 0.326 e. The Kier molecular flexibility index (Phi) is 6.88. The van der Waals surface area contributed by atoms with Crippen LogP contribution < -0.4 is 11.1 Å². The van der Waals surface area contributed by atoms with Crippen molar-refractivity contribution in [1.29, 1.82) is 0 Å². The quantitative estimate of drug-likeness (QED) is 0.448. The van der Waals surface area contributed by atoms with E-state index in [1.54, 1.807) is 5.32 Å². The second kappa shape index (κ2) is 6.27. The molecule has 1 radical (unpaired) electrons. The standard InChI is InChI=1S/C5H8N2O5.Cu/c6-5(12)7-2(4(10)11)1-3(8)9;/h2H,1H2,(H,8,9)(H,10,11)(H3,6,7,12);. The fourth-order valence-corrected chi connectivity index (χ4v) is 0.546. The van der Waals surface area contributed by atoms with Gasteiger partial charge in [0.25, 0.3) is 0 Å². The van der Waals surface area contributed by atoms with Crippen LogP contribution in [0.1, 0.15) is 6.42 Å². The van der Waals surface area contributed by atoms with Gasteiger partial charge >= 0.3 is 18.0 Å². The number of hydrogen-bond donors (Lipinski definition) is 4. The number of aliphatic carboxylic acids is 2. The van der Waals surface area contributed by atoms with E-state index in [1.807, 2.05) is 0 Å². The number of nitrogens with one attached hydrogen (secondary N) is 1. The monoisotopic (exact) mass is 239 g/mol. The largest absolute Gasteiger partial charge is 0.481 e. The molecular formula is C5H8CuN2O5. The molecule has 0 aliphatic heterocycles. The van der Waals surface area contributed by atoms with Gasteiger partial charge in [-0.25, -0.2) is 9.59 Å². The first kappa shape index (κ1) is 14.3. The van der Waals surface area contributed by atoms with Crippen LogP contribution in [0.3, 0.4) is 0 Å². The fraction of sp³-hybridized carbons (Fsp3) is 0.400. The van der Waals surface area contributed by atoms with Crippen LogP contribution in [0.4, 0.5) is 4.79 Å². The van der Waals surface area contributed by atoms with Crippen molar-refractivity contribution >= 4 is 18.0 Å². The van der Waals surface area contributed by atoms with E-state index in [4.69, 9.17) is 10.2 Å². The summed E-state index contributed by atoms with van der Waals surface area (Å²) in [5.74, 6) is -2.76. The fourth-order valence-electron chi connectivity index (χ4n) is 0.546. The molecule has 79 valence electrons. The summed E-state index contributed by atoms with van der Waals surface area (Å²) in [7, 11) is 0. The predicted octanol–water partition coefficient (Wildman–Crippen LogP) is -1.42. The molecule has 0 bridgehead atoms. The maximum absolute atomic E-state index is 10.2. The summed E-state index contributed by atoms with van der Waals surface area (Å²) in [6, 6.07) is -2.54. The number of carbonyl (C=O) groups is 3. The minimum Gasteiger partial charge on any atom is -0.481 e. The van der Waals surface area contributed by atoms with E-state index < -0.39 is 30.4 Å². The second-order valence-electron chi connectivity index (χ2n) is 2.00. The van der Waals surface area contributed by atoms with E-state index in [9.17, 15) is 14.4 Å². The van der Waals surface area contributed by atoms with Crippen LogP contribution in [0.15, 0.2) is 0 Å². The zero-order valence-corrected chi connectivity index (χ0v) is 7.22. The Hall–Kier alpha value is -1.27. The van der Waals surface area contributed by atoms with Gasteiger partial charge in [0.15, 0.2) is 0 Å². The van der Waals surface area contributed by atoms with E-state index >= 15 is 0 Å². The summed E-state index contributed by atoms with van der Waals surface area (Å²) in [5.41, 5.74) is 4.60. The molecule has 1 unspecified atom stereocenters. The predicted molar refractivity (Wildman–Crippen MR) is 36.4 cm³/mol.